The highest BCUT2D eigenvalue weighted by atomic mass is 16.5. The van der Waals surface area contributed by atoms with Crippen molar-refractivity contribution < 1.29 is 14.4 Å². The second-order valence-corrected chi connectivity index (χ2v) is 4.76. The van der Waals surface area contributed by atoms with Crippen LogP contribution in [0.5, 0.6) is 0 Å². The molecule has 0 radical (unpaired) electrons. The molecule has 7 nitrogen and oxygen atoms in total. The van der Waals surface area contributed by atoms with Crippen LogP contribution < -0.4 is 5.32 Å². The zero-order valence-corrected chi connectivity index (χ0v) is 10.7. The van der Waals surface area contributed by atoms with Crippen molar-refractivity contribution in [1.82, 2.24) is 20.4 Å². The molecule has 2 aromatic heterocycles. The van der Waals surface area contributed by atoms with Gasteiger partial charge < -0.3 is 9.63 Å². The van der Waals surface area contributed by atoms with Crippen LogP contribution in [0.2, 0.25) is 0 Å². The molecule has 2 N–H and O–H groups in total. The van der Waals surface area contributed by atoms with Crippen molar-refractivity contribution in [3.63, 3.8) is 0 Å². The largest absolute Gasteiger partial charge is 0.480 e. The number of carboxylic acids is 1. The number of carboxylic acid groups (broad SMARTS) is 1. The third-order valence-electron chi connectivity index (χ3n) is 3.19. The summed E-state index contributed by atoms with van der Waals surface area (Å²) in [6.45, 7) is 0.243. The highest BCUT2D eigenvalue weighted by molar-refractivity contribution is 5.74. The van der Waals surface area contributed by atoms with Crippen molar-refractivity contribution in [3.05, 3.63) is 30.3 Å². The van der Waals surface area contributed by atoms with E-state index in [1.54, 1.807) is 18.3 Å². The summed E-state index contributed by atoms with van der Waals surface area (Å²) in [7, 11) is 0. The van der Waals surface area contributed by atoms with Gasteiger partial charge >= 0.3 is 5.97 Å². The number of nitrogens with one attached hydrogen (secondary N) is 1. The van der Waals surface area contributed by atoms with Crippen molar-refractivity contribution in [2.24, 2.45) is 5.92 Å². The predicted octanol–water partition coefficient (Wildman–Crippen LogP) is 1.08. The van der Waals surface area contributed by atoms with Gasteiger partial charge in [0.15, 0.2) is 0 Å². The van der Waals surface area contributed by atoms with Crippen LogP contribution in [0.1, 0.15) is 18.7 Å². The van der Waals surface area contributed by atoms with Crippen LogP contribution >= 0.6 is 0 Å². The third kappa shape index (κ3) is 2.83. The third-order valence-corrected chi connectivity index (χ3v) is 3.19. The van der Waals surface area contributed by atoms with E-state index >= 15 is 0 Å². The summed E-state index contributed by atoms with van der Waals surface area (Å²) in [5.74, 6) is 0.140. The molecule has 2 aromatic rings. The minimum Gasteiger partial charge on any atom is -0.480 e. The predicted molar refractivity (Wildman–Crippen MR) is 68.5 cm³/mol. The van der Waals surface area contributed by atoms with Gasteiger partial charge in [0.1, 0.15) is 11.7 Å². The highest BCUT2D eigenvalue weighted by Gasteiger charge is 2.36. The first-order valence-corrected chi connectivity index (χ1v) is 6.44. The molecule has 0 aliphatic heterocycles. The lowest BCUT2D eigenvalue weighted by molar-refractivity contribution is -0.140. The van der Waals surface area contributed by atoms with E-state index in [9.17, 15) is 4.79 Å². The molecule has 7 heteroatoms. The summed E-state index contributed by atoms with van der Waals surface area (Å²) in [6, 6.07) is 4.88. The average Bonchev–Trinajstić information content (AvgIpc) is 3.17. The fraction of sp³-hybridized carbons (Fsp3) is 0.385. The molecule has 1 unspecified atom stereocenters. The monoisotopic (exact) mass is 274 g/mol. The number of hydrogen-bond donors (Lipinski definition) is 2. The Morgan fingerprint density at radius 3 is 3.00 bits per heavy atom. The second kappa shape index (κ2) is 5.38. The molecule has 2 heterocycles. The maximum atomic E-state index is 11.1. The maximum Gasteiger partial charge on any atom is 0.320 e. The van der Waals surface area contributed by atoms with Crippen LogP contribution in [0, 0.1) is 5.92 Å². The number of hydrogen-bond acceptors (Lipinski definition) is 6. The van der Waals surface area contributed by atoms with Gasteiger partial charge in [0.2, 0.25) is 11.7 Å². The molecule has 1 fully saturated rings. The molecule has 1 aliphatic rings. The molecule has 3 rings (SSSR count). The summed E-state index contributed by atoms with van der Waals surface area (Å²) < 4.78 is 5.09. The molecular formula is C13H14N4O3. The van der Waals surface area contributed by atoms with E-state index < -0.39 is 12.0 Å². The molecule has 0 aromatic carbocycles. The Morgan fingerprint density at radius 1 is 1.50 bits per heavy atom. The Morgan fingerprint density at radius 2 is 2.35 bits per heavy atom. The highest BCUT2D eigenvalue weighted by Crippen LogP contribution is 2.32. The minimum absolute atomic E-state index is 0.214. The number of rotatable bonds is 6. The van der Waals surface area contributed by atoms with E-state index in [2.05, 4.69) is 20.4 Å². The zero-order chi connectivity index (χ0) is 13.9. The van der Waals surface area contributed by atoms with Gasteiger partial charge in [0.25, 0.3) is 0 Å². The van der Waals surface area contributed by atoms with Crippen molar-refractivity contribution in [3.8, 4) is 11.5 Å². The van der Waals surface area contributed by atoms with E-state index in [0.717, 1.165) is 12.8 Å². The first-order chi connectivity index (χ1) is 9.74. The van der Waals surface area contributed by atoms with Crippen LogP contribution in [0.15, 0.2) is 28.9 Å². The van der Waals surface area contributed by atoms with Gasteiger partial charge in [0.05, 0.1) is 6.54 Å². The van der Waals surface area contributed by atoms with E-state index in [1.165, 1.54) is 0 Å². The zero-order valence-electron chi connectivity index (χ0n) is 10.7. The number of carbonyl (C=O) groups is 1. The van der Waals surface area contributed by atoms with E-state index in [-0.39, 0.29) is 12.5 Å². The van der Waals surface area contributed by atoms with Crippen molar-refractivity contribution in [2.75, 3.05) is 0 Å². The Balaban J connectivity index is 1.64. The summed E-state index contributed by atoms with van der Waals surface area (Å²) in [5.41, 5.74) is 0.625. The molecular weight excluding hydrogens is 260 g/mol. The fourth-order valence-corrected chi connectivity index (χ4v) is 2.01. The molecule has 1 saturated carbocycles. The minimum atomic E-state index is -0.836. The van der Waals surface area contributed by atoms with Gasteiger partial charge in [-0.3, -0.25) is 15.1 Å². The summed E-state index contributed by atoms with van der Waals surface area (Å²) >= 11 is 0. The van der Waals surface area contributed by atoms with E-state index in [0.29, 0.717) is 17.4 Å². The van der Waals surface area contributed by atoms with E-state index in [4.69, 9.17) is 9.63 Å². The number of pyridine rings is 1. The van der Waals surface area contributed by atoms with Crippen LogP contribution in [0.4, 0.5) is 0 Å². The van der Waals surface area contributed by atoms with Crippen LogP contribution in [-0.2, 0) is 11.3 Å². The van der Waals surface area contributed by atoms with Crippen molar-refractivity contribution in [2.45, 2.75) is 25.4 Å². The van der Waals surface area contributed by atoms with Crippen LogP contribution in [0.25, 0.3) is 11.5 Å². The lowest BCUT2D eigenvalue weighted by Crippen LogP contribution is -2.38. The lowest BCUT2D eigenvalue weighted by Gasteiger charge is -2.10. The van der Waals surface area contributed by atoms with Gasteiger partial charge in [-0.05, 0) is 30.9 Å². The summed E-state index contributed by atoms with van der Waals surface area (Å²) in [4.78, 5) is 19.4. The standard InChI is InChI=1S/C13H14N4O3/c18-13(19)11(8-4-5-8)15-7-10-16-12(17-20-10)9-3-1-2-6-14-9/h1-3,6,8,11,15H,4-5,7H2,(H,18,19). The quantitative estimate of drug-likeness (QED) is 0.812. The topological polar surface area (TPSA) is 101 Å². The van der Waals surface area contributed by atoms with Gasteiger partial charge in [-0.1, -0.05) is 11.2 Å². The molecule has 1 atom stereocenters. The molecule has 1 aliphatic carbocycles. The number of aliphatic carboxylic acids is 1. The van der Waals surface area contributed by atoms with Crippen molar-refractivity contribution >= 4 is 5.97 Å². The summed E-state index contributed by atoms with van der Waals surface area (Å²) in [6.07, 6.45) is 3.55. The van der Waals surface area contributed by atoms with Crippen molar-refractivity contribution in [1.29, 1.82) is 0 Å². The lowest BCUT2D eigenvalue weighted by atomic mass is 10.2. The Hall–Kier alpha value is -2.28. The Bertz CT molecular complexity index is 595. The van der Waals surface area contributed by atoms with Crippen LogP contribution in [-0.4, -0.2) is 32.2 Å². The Kier molecular flexibility index (Phi) is 3.42. The molecule has 0 bridgehead atoms. The first-order valence-electron chi connectivity index (χ1n) is 6.44. The molecule has 20 heavy (non-hydrogen) atoms. The Labute approximate surface area is 115 Å². The molecule has 0 spiro atoms. The molecule has 104 valence electrons. The molecule has 0 amide bonds. The van der Waals surface area contributed by atoms with Gasteiger partial charge in [0, 0.05) is 6.20 Å². The average molecular weight is 274 g/mol. The SMILES string of the molecule is O=C(O)C(NCc1nc(-c2ccccn2)no1)C1CC1. The summed E-state index contributed by atoms with van der Waals surface area (Å²) in [5, 5.41) is 15.9. The number of aromatic nitrogens is 3. The van der Waals surface area contributed by atoms with E-state index in [1.807, 2.05) is 6.07 Å². The fourth-order valence-electron chi connectivity index (χ4n) is 2.01. The number of nitrogens with zero attached hydrogens (tertiary/aromatic N) is 3. The normalized spacial score (nSPS) is 16.0. The second-order valence-electron chi connectivity index (χ2n) is 4.76. The molecule has 0 saturated heterocycles. The van der Waals surface area contributed by atoms with Gasteiger partial charge in [-0.2, -0.15) is 4.98 Å². The van der Waals surface area contributed by atoms with Gasteiger partial charge in [-0.15, -0.1) is 0 Å². The van der Waals surface area contributed by atoms with Crippen LogP contribution in [0.3, 0.4) is 0 Å². The first kappa shape index (κ1) is 12.7. The van der Waals surface area contributed by atoms with Gasteiger partial charge in [-0.25, -0.2) is 0 Å². The maximum absolute atomic E-state index is 11.1. The smallest absolute Gasteiger partial charge is 0.320 e.